The summed E-state index contributed by atoms with van der Waals surface area (Å²) >= 11 is 1.10. The Bertz CT molecular complexity index is 1660. The van der Waals surface area contributed by atoms with Crippen molar-refractivity contribution in [1.29, 1.82) is 5.26 Å². The molecule has 0 radical (unpaired) electrons. The van der Waals surface area contributed by atoms with Gasteiger partial charge in [0.2, 0.25) is 0 Å². The van der Waals surface area contributed by atoms with E-state index in [0.29, 0.717) is 28.3 Å². The molecule has 6 nitrogen and oxygen atoms in total. The van der Waals surface area contributed by atoms with Crippen molar-refractivity contribution < 1.29 is 9.53 Å². The van der Waals surface area contributed by atoms with E-state index >= 15 is 0 Å². The van der Waals surface area contributed by atoms with Gasteiger partial charge in [-0.3, -0.25) is 14.2 Å². The summed E-state index contributed by atoms with van der Waals surface area (Å²) in [4.78, 5) is 26.7. The fraction of sp³-hybridized carbons (Fsp3) is 0.100. The Morgan fingerprint density at radius 3 is 2.24 bits per heavy atom. The largest absolute Gasteiger partial charge is 0.490 e. The summed E-state index contributed by atoms with van der Waals surface area (Å²) in [5.74, 6) is 0.109. The van der Waals surface area contributed by atoms with E-state index in [9.17, 15) is 14.9 Å². The molecule has 37 heavy (non-hydrogen) atoms. The van der Waals surface area contributed by atoms with E-state index in [2.05, 4.69) is 11.9 Å². The molecule has 0 aliphatic carbocycles. The van der Waals surface area contributed by atoms with Crippen LogP contribution in [-0.4, -0.2) is 17.1 Å². The monoisotopic (exact) mass is 507 g/mol. The first-order valence-corrected chi connectivity index (χ1v) is 12.4. The Hall–Kier alpha value is -4.67. The van der Waals surface area contributed by atoms with E-state index < -0.39 is 5.91 Å². The van der Waals surface area contributed by atoms with E-state index in [0.717, 1.165) is 28.0 Å². The van der Waals surface area contributed by atoms with Crippen LogP contribution in [0.2, 0.25) is 0 Å². The van der Waals surface area contributed by atoms with E-state index in [4.69, 9.17) is 4.74 Å². The maximum absolute atomic E-state index is 13.6. The van der Waals surface area contributed by atoms with E-state index in [-0.39, 0.29) is 15.8 Å². The smallest absolute Gasteiger partial charge is 0.273 e. The quantitative estimate of drug-likeness (QED) is 0.380. The van der Waals surface area contributed by atoms with Gasteiger partial charge in [-0.15, -0.1) is 11.3 Å². The first-order chi connectivity index (χ1) is 17.9. The Kier molecular flexibility index (Phi) is 7.82. The van der Waals surface area contributed by atoms with Crippen molar-refractivity contribution in [3.05, 3.63) is 122 Å². The lowest BCUT2D eigenvalue weighted by atomic mass is 10.2. The molecule has 1 heterocycles. The van der Waals surface area contributed by atoms with Gasteiger partial charge in [-0.05, 0) is 61.9 Å². The van der Waals surface area contributed by atoms with Crippen LogP contribution < -0.4 is 24.8 Å². The molecule has 0 fully saturated rings. The van der Waals surface area contributed by atoms with Crippen LogP contribution >= 0.6 is 11.3 Å². The topological polar surface area (TPSA) is 84.1 Å². The minimum absolute atomic E-state index is 0.143. The van der Waals surface area contributed by atoms with Gasteiger partial charge in [0, 0.05) is 5.69 Å². The van der Waals surface area contributed by atoms with Crippen LogP contribution in [0.4, 0.5) is 5.69 Å². The molecular formula is C30H25N3O3S. The van der Waals surface area contributed by atoms with Gasteiger partial charge in [-0.1, -0.05) is 60.2 Å². The molecule has 0 spiro atoms. The van der Waals surface area contributed by atoms with E-state index in [1.165, 1.54) is 4.57 Å². The van der Waals surface area contributed by atoms with Crippen molar-refractivity contribution in [2.24, 2.45) is 0 Å². The highest BCUT2D eigenvalue weighted by atomic mass is 32.1. The van der Waals surface area contributed by atoms with Gasteiger partial charge in [0.25, 0.3) is 11.5 Å². The van der Waals surface area contributed by atoms with E-state index in [1.807, 2.05) is 68.4 Å². The average Bonchev–Trinajstić information content (AvgIpc) is 3.21. The Balaban J connectivity index is 1.87. The maximum Gasteiger partial charge on any atom is 0.273 e. The fourth-order valence-corrected chi connectivity index (χ4v) is 4.67. The second kappa shape index (κ2) is 11.4. The minimum atomic E-state index is -0.580. The average molecular weight is 508 g/mol. The number of carbonyl (C=O) groups excluding carboxylic acids is 1. The molecule has 1 N–H and O–H groups in total. The second-order valence-electron chi connectivity index (χ2n) is 8.37. The predicted molar refractivity (Wildman–Crippen MR) is 148 cm³/mol. The molecule has 0 atom stereocenters. The summed E-state index contributed by atoms with van der Waals surface area (Å²) < 4.78 is 7.60. The highest BCUT2D eigenvalue weighted by Gasteiger charge is 2.17. The number of rotatable bonds is 7. The normalized spacial score (nSPS) is 12.0. The first-order valence-electron chi connectivity index (χ1n) is 11.6. The predicted octanol–water partition coefficient (Wildman–Crippen LogP) is 4.22. The van der Waals surface area contributed by atoms with Crippen molar-refractivity contribution in [3.8, 4) is 17.5 Å². The number of benzene rings is 3. The Labute approximate surface area is 218 Å². The third kappa shape index (κ3) is 5.95. The number of thiazole rings is 1. The Morgan fingerprint density at radius 1 is 1.03 bits per heavy atom. The molecule has 7 heteroatoms. The number of nitrogens with zero attached hydrogens (tertiary/aromatic N) is 2. The van der Waals surface area contributed by atoms with Crippen LogP contribution in [0, 0.1) is 25.2 Å². The number of hydrogen-bond donors (Lipinski definition) is 1. The van der Waals surface area contributed by atoms with Crippen LogP contribution in [0.3, 0.4) is 0 Å². The number of nitrogens with one attached hydrogen (secondary N) is 1. The van der Waals surface area contributed by atoms with Crippen LogP contribution in [0.15, 0.2) is 90.2 Å². The van der Waals surface area contributed by atoms with Crippen LogP contribution in [-0.2, 0) is 4.79 Å². The minimum Gasteiger partial charge on any atom is -0.490 e. The molecule has 4 aromatic rings. The Morgan fingerprint density at radius 2 is 1.65 bits per heavy atom. The number of amides is 1. The summed E-state index contributed by atoms with van der Waals surface area (Å²) in [6.07, 6.45) is 3.41. The molecule has 0 aliphatic rings. The van der Waals surface area contributed by atoms with Gasteiger partial charge in [0.15, 0.2) is 5.57 Å². The number of nitriles is 1. The highest BCUT2D eigenvalue weighted by Crippen LogP contribution is 2.14. The highest BCUT2D eigenvalue weighted by molar-refractivity contribution is 7.07. The fourth-order valence-electron chi connectivity index (χ4n) is 3.57. The molecule has 3 aromatic carbocycles. The van der Waals surface area contributed by atoms with Crippen molar-refractivity contribution >= 4 is 34.6 Å². The van der Waals surface area contributed by atoms with Crippen LogP contribution in [0.25, 0.3) is 17.3 Å². The summed E-state index contributed by atoms with van der Waals surface area (Å²) in [7, 11) is 0. The van der Waals surface area contributed by atoms with Gasteiger partial charge in [0.05, 0.1) is 10.2 Å². The second-order valence-corrected chi connectivity index (χ2v) is 9.40. The zero-order valence-corrected chi connectivity index (χ0v) is 21.3. The zero-order valence-electron chi connectivity index (χ0n) is 20.5. The number of aromatic nitrogens is 1. The first kappa shape index (κ1) is 25.4. The van der Waals surface area contributed by atoms with Crippen molar-refractivity contribution in [2.75, 3.05) is 11.9 Å². The molecule has 1 aromatic heterocycles. The third-order valence-corrected chi connectivity index (χ3v) is 6.62. The van der Waals surface area contributed by atoms with Gasteiger partial charge in [-0.2, -0.15) is 5.26 Å². The molecule has 0 saturated carbocycles. The number of hydrogen-bond acceptors (Lipinski definition) is 5. The lowest BCUT2D eigenvalue weighted by molar-refractivity contribution is -0.111. The van der Waals surface area contributed by atoms with Crippen molar-refractivity contribution in [1.82, 2.24) is 4.57 Å². The number of anilines is 1. The molecular weight excluding hydrogens is 482 g/mol. The van der Waals surface area contributed by atoms with Crippen LogP contribution in [0.1, 0.15) is 16.7 Å². The summed E-state index contributed by atoms with van der Waals surface area (Å²) in [6.45, 7) is 7.94. The van der Waals surface area contributed by atoms with E-state index in [1.54, 1.807) is 36.4 Å². The molecule has 0 bridgehead atoms. The summed E-state index contributed by atoms with van der Waals surface area (Å²) in [5, 5.41) is 12.8. The number of carbonyl (C=O) groups is 1. The maximum atomic E-state index is 13.6. The van der Waals surface area contributed by atoms with Gasteiger partial charge in [0.1, 0.15) is 23.1 Å². The zero-order chi connectivity index (χ0) is 26.4. The lowest BCUT2D eigenvalue weighted by Gasteiger charge is -2.06. The van der Waals surface area contributed by atoms with Gasteiger partial charge < -0.3 is 10.1 Å². The van der Waals surface area contributed by atoms with Gasteiger partial charge >= 0.3 is 0 Å². The summed E-state index contributed by atoms with van der Waals surface area (Å²) in [5.41, 5.74) is 3.55. The van der Waals surface area contributed by atoms with Crippen LogP contribution in [0.5, 0.6) is 5.75 Å². The summed E-state index contributed by atoms with van der Waals surface area (Å²) in [6, 6.07) is 24.0. The van der Waals surface area contributed by atoms with Crippen molar-refractivity contribution in [2.45, 2.75) is 13.8 Å². The standard InChI is InChI=1S/C30H25N3O3S/c1-4-17-36-25-15-9-22(10-16-25)18-27-29(35)33(24-13-7-21(3)8-14-24)30(37-27)26(19-31)28(34)32-23-11-5-20(2)6-12-23/h4-16,18H,1,17H2,2-3H3,(H,32,34)/b27-18?,30-26+. The molecule has 0 saturated heterocycles. The van der Waals surface area contributed by atoms with Gasteiger partial charge in [-0.25, -0.2) is 0 Å². The number of aryl methyl sites for hydroxylation is 2. The van der Waals surface area contributed by atoms with Crippen molar-refractivity contribution in [3.63, 3.8) is 0 Å². The molecule has 1 amide bonds. The number of ether oxygens (including phenoxy) is 1. The molecule has 184 valence electrons. The molecule has 4 rings (SSSR count). The molecule has 0 unspecified atom stereocenters. The lowest BCUT2D eigenvalue weighted by Crippen LogP contribution is -2.32. The molecule has 0 aliphatic heterocycles. The SMILES string of the molecule is C=CCOc1ccc(C=c2s/c(=C(\C#N)C(=O)Nc3ccc(C)cc3)n(-c3ccc(C)cc3)c2=O)cc1. The third-order valence-electron chi connectivity index (χ3n) is 5.52.